The van der Waals surface area contributed by atoms with Gasteiger partial charge in [0.05, 0.1) is 18.7 Å². The van der Waals surface area contributed by atoms with Gasteiger partial charge in [0.1, 0.15) is 5.69 Å². The number of nitrogens with zero attached hydrogens (tertiary/aromatic N) is 2. The third-order valence-corrected chi connectivity index (χ3v) is 2.75. The van der Waals surface area contributed by atoms with Gasteiger partial charge in [-0.3, -0.25) is 9.59 Å². The minimum atomic E-state index is -0.338. The molecule has 2 N–H and O–H groups in total. The van der Waals surface area contributed by atoms with E-state index >= 15 is 0 Å². The zero-order chi connectivity index (χ0) is 15.7. The van der Waals surface area contributed by atoms with Gasteiger partial charge in [-0.2, -0.15) is 0 Å². The summed E-state index contributed by atoms with van der Waals surface area (Å²) < 4.78 is 0. The first-order valence-electron chi connectivity index (χ1n) is 6.68. The van der Waals surface area contributed by atoms with E-state index in [0.717, 1.165) is 0 Å². The maximum Gasteiger partial charge on any atom is 0.274 e. The zero-order valence-electron chi connectivity index (χ0n) is 12.2. The highest BCUT2D eigenvalue weighted by molar-refractivity contribution is 5.96. The molecule has 0 radical (unpaired) electrons. The smallest absolute Gasteiger partial charge is 0.274 e. The summed E-state index contributed by atoms with van der Waals surface area (Å²) in [7, 11) is 1.52. The summed E-state index contributed by atoms with van der Waals surface area (Å²) in [5.74, 6) is 5.01. The minimum Gasteiger partial charge on any atom is -0.395 e. The monoisotopic (exact) mass is 289 g/mol. The number of nitrogens with one attached hydrogen (secondary N) is 1. The predicted molar refractivity (Wildman–Crippen MR) is 78.5 cm³/mol. The SMILES string of the molecule is CCN(CC(=O)NC)C(=O)c1ncccc1C#CCCO. The number of amides is 2. The number of rotatable bonds is 5. The standard InChI is InChI=1S/C15H19N3O3/c1-3-18(11-13(20)16-2)15(21)14-12(7-4-5-10-19)8-6-9-17-14/h6,8-9,19H,3,5,10-11H2,1-2H3,(H,16,20). The molecule has 0 saturated heterocycles. The van der Waals surface area contributed by atoms with E-state index in [2.05, 4.69) is 22.1 Å². The number of carbonyl (C=O) groups excluding carboxylic acids is 2. The van der Waals surface area contributed by atoms with E-state index in [-0.39, 0.29) is 30.7 Å². The van der Waals surface area contributed by atoms with Crippen LogP contribution in [0, 0.1) is 11.8 Å². The highest BCUT2D eigenvalue weighted by Crippen LogP contribution is 2.08. The number of aliphatic hydroxyl groups excluding tert-OH is 1. The fourth-order valence-corrected chi connectivity index (χ4v) is 1.62. The van der Waals surface area contributed by atoms with Crippen LogP contribution in [0.1, 0.15) is 29.4 Å². The van der Waals surface area contributed by atoms with Crippen molar-refractivity contribution < 1.29 is 14.7 Å². The average Bonchev–Trinajstić information content (AvgIpc) is 2.52. The molecule has 0 aliphatic carbocycles. The number of aromatic nitrogens is 1. The lowest BCUT2D eigenvalue weighted by atomic mass is 10.1. The van der Waals surface area contributed by atoms with Crippen LogP contribution in [-0.4, -0.2) is 53.5 Å². The molecule has 21 heavy (non-hydrogen) atoms. The molecule has 0 aliphatic rings. The fraction of sp³-hybridized carbons (Fsp3) is 0.400. The van der Waals surface area contributed by atoms with Crippen LogP contribution in [0.4, 0.5) is 0 Å². The van der Waals surface area contributed by atoms with E-state index < -0.39 is 0 Å². The highest BCUT2D eigenvalue weighted by Gasteiger charge is 2.20. The molecule has 1 aromatic rings. The van der Waals surface area contributed by atoms with Crippen molar-refractivity contribution in [3.05, 3.63) is 29.6 Å². The number of hydrogen-bond acceptors (Lipinski definition) is 4. The van der Waals surface area contributed by atoms with E-state index in [4.69, 9.17) is 5.11 Å². The maximum atomic E-state index is 12.4. The van der Waals surface area contributed by atoms with E-state index in [1.54, 1.807) is 19.1 Å². The Labute approximate surface area is 124 Å². The molecule has 0 spiro atoms. The lowest BCUT2D eigenvalue weighted by molar-refractivity contribution is -0.121. The first kappa shape index (κ1) is 16.7. The summed E-state index contributed by atoms with van der Waals surface area (Å²) in [6.45, 7) is 2.13. The third-order valence-electron chi connectivity index (χ3n) is 2.75. The molecule has 0 aliphatic heterocycles. The molecule has 0 unspecified atom stereocenters. The Hall–Kier alpha value is -2.39. The van der Waals surface area contributed by atoms with Gasteiger partial charge in [-0.15, -0.1) is 0 Å². The average molecular weight is 289 g/mol. The van der Waals surface area contributed by atoms with Crippen LogP contribution in [-0.2, 0) is 4.79 Å². The second kappa shape index (κ2) is 8.72. The molecule has 0 aromatic carbocycles. The summed E-state index contributed by atoms with van der Waals surface area (Å²) in [4.78, 5) is 29.4. The van der Waals surface area contributed by atoms with Crippen LogP contribution in [0.5, 0.6) is 0 Å². The molecular weight excluding hydrogens is 270 g/mol. The van der Waals surface area contributed by atoms with Gasteiger partial charge in [-0.05, 0) is 19.1 Å². The van der Waals surface area contributed by atoms with Crippen molar-refractivity contribution in [2.75, 3.05) is 26.7 Å². The van der Waals surface area contributed by atoms with E-state index in [1.165, 1.54) is 18.1 Å². The van der Waals surface area contributed by atoms with Crippen molar-refractivity contribution in [1.29, 1.82) is 0 Å². The highest BCUT2D eigenvalue weighted by atomic mass is 16.2. The predicted octanol–water partition coefficient (Wildman–Crippen LogP) is 0.0236. The second-order valence-corrected chi connectivity index (χ2v) is 4.17. The van der Waals surface area contributed by atoms with Crippen LogP contribution < -0.4 is 5.32 Å². The molecule has 1 aromatic heterocycles. The van der Waals surface area contributed by atoms with E-state index in [1.807, 2.05) is 0 Å². The maximum absolute atomic E-state index is 12.4. The van der Waals surface area contributed by atoms with Crippen LogP contribution in [0.2, 0.25) is 0 Å². The van der Waals surface area contributed by atoms with Crippen molar-refractivity contribution in [3.63, 3.8) is 0 Å². The van der Waals surface area contributed by atoms with Crippen LogP contribution in [0.15, 0.2) is 18.3 Å². The molecule has 6 heteroatoms. The normalized spacial score (nSPS) is 9.48. The van der Waals surface area contributed by atoms with Gasteiger partial charge < -0.3 is 15.3 Å². The Morgan fingerprint density at radius 1 is 1.48 bits per heavy atom. The lowest BCUT2D eigenvalue weighted by Crippen LogP contribution is -2.40. The molecule has 112 valence electrons. The first-order valence-corrected chi connectivity index (χ1v) is 6.68. The zero-order valence-corrected chi connectivity index (χ0v) is 12.2. The summed E-state index contributed by atoms with van der Waals surface area (Å²) in [5, 5.41) is 11.2. The number of carbonyl (C=O) groups is 2. The second-order valence-electron chi connectivity index (χ2n) is 4.17. The van der Waals surface area contributed by atoms with Crippen LogP contribution >= 0.6 is 0 Å². The molecule has 0 atom stereocenters. The van der Waals surface area contributed by atoms with Gasteiger partial charge in [0, 0.05) is 26.2 Å². The lowest BCUT2D eigenvalue weighted by Gasteiger charge is -2.19. The van der Waals surface area contributed by atoms with Crippen LogP contribution in [0.25, 0.3) is 0 Å². The third kappa shape index (κ3) is 4.89. The Bertz CT molecular complexity index is 561. The van der Waals surface area contributed by atoms with Crippen molar-refractivity contribution in [3.8, 4) is 11.8 Å². The van der Waals surface area contributed by atoms with Crippen molar-refractivity contribution in [2.45, 2.75) is 13.3 Å². The quantitative estimate of drug-likeness (QED) is 0.749. The Morgan fingerprint density at radius 3 is 2.86 bits per heavy atom. The molecule has 6 nitrogen and oxygen atoms in total. The summed E-state index contributed by atoms with van der Waals surface area (Å²) in [6, 6.07) is 3.38. The van der Waals surface area contributed by atoms with E-state index in [9.17, 15) is 9.59 Å². The van der Waals surface area contributed by atoms with Crippen molar-refractivity contribution >= 4 is 11.8 Å². The van der Waals surface area contributed by atoms with Crippen molar-refractivity contribution in [2.24, 2.45) is 0 Å². The van der Waals surface area contributed by atoms with Gasteiger partial charge in [-0.1, -0.05) is 11.8 Å². The van der Waals surface area contributed by atoms with Gasteiger partial charge in [0.2, 0.25) is 5.91 Å². The van der Waals surface area contributed by atoms with Gasteiger partial charge in [0.25, 0.3) is 5.91 Å². The van der Waals surface area contributed by atoms with Crippen molar-refractivity contribution in [1.82, 2.24) is 15.2 Å². The molecule has 2 amide bonds. The summed E-state index contributed by atoms with van der Waals surface area (Å²) in [6.07, 6.45) is 1.84. The minimum absolute atomic E-state index is 0.0219. The molecule has 0 fully saturated rings. The number of likely N-dealkylation sites (N-methyl/N-ethyl adjacent to an activating group) is 2. The van der Waals surface area contributed by atoms with E-state index in [0.29, 0.717) is 18.5 Å². The molecule has 0 saturated carbocycles. The number of aliphatic hydroxyl groups is 1. The topological polar surface area (TPSA) is 82.5 Å². The van der Waals surface area contributed by atoms with Gasteiger partial charge >= 0.3 is 0 Å². The molecule has 1 heterocycles. The Kier molecular flexibility index (Phi) is 6.92. The van der Waals surface area contributed by atoms with Crippen LogP contribution in [0.3, 0.4) is 0 Å². The number of hydrogen-bond donors (Lipinski definition) is 2. The molecule has 0 bridgehead atoms. The Balaban J connectivity index is 3.00. The van der Waals surface area contributed by atoms with Gasteiger partial charge in [0.15, 0.2) is 0 Å². The molecule has 1 rings (SSSR count). The summed E-state index contributed by atoms with van der Waals surface area (Å²) in [5.41, 5.74) is 0.708. The summed E-state index contributed by atoms with van der Waals surface area (Å²) >= 11 is 0. The largest absolute Gasteiger partial charge is 0.395 e. The number of pyridine rings is 1. The van der Waals surface area contributed by atoms with Gasteiger partial charge in [-0.25, -0.2) is 4.98 Å². The Morgan fingerprint density at radius 2 is 2.24 bits per heavy atom. The first-order chi connectivity index (χ1) is 10.1. The fourth-order valence-electron chi connectivity index (χ4n) is 1.62. The molecular formula is C15H19N3O3.